The van der Waals surface area contributed by atoms with E-state index in [9.17, 15) is 0 Å². The highest BCUT2D eigenvalue weighted by atomic mass is 16.5. The zero-order chi connectivity index (χ0) is 8.81. The second kappa shape index (κ2) is 4.58. The van der Waals surface area contributed by atoms with Gasteiger partial charge in [0.15, 0.2) is 0 Å². The Morgan fingerprint density at radius 3 is 2.58 bits per heavy atom. The predicted octanol–water partition coefficient (Wildman–Crippen LogP) is 2.40. The fourth-order valence-electron chi connectivity index (χ4n) is 1.11. The summed E-state index contributed by atoms with van der Waals surface area (Å²) in [6.07, 6.45) is 5.88. The van der Waals surface area contributed by atoms with E-state index in [0.29, 0.717) is 6.42 Å². The molecule has 1 heteroatoms. The van der Waals surface area contributed by atoms with E-state index in [1.807, 2.05) is 30.3 Å². The third-order valence-electron chi connectivity index (χ3n) is 1.76. The van der Waals surface area contributed by atoms with Crippen LogP contribution < -0.4 is 0 Å². The largest absolute Gasteiger partial charge is 0.376 e. The topological polar surface area (TPSA) is 9.23 Å². The first-order valence-electron chi connectivity index (χ1n) is 3.89. The highest BCUT2D eigenvalue weighted by Gasteiger charge is 2.06. The molecule has 0 aliphatic heterocycles. The van der Waals surface area contributed by atoms with Gasteiger partial charge in [-0.25, -0.2) is 0 Å². The summed E-state index contributed by atoms with van der Waals surface area (Å²) < 4.78 is 5.23. The second-order valence-corrected chi connectivity index (χ2v) is 2.54. The molecule has 0 aliphatic carbocycles. The Balaban J connectivity index is 2.75. The van der Waals surface area contributed by atoms with Gasteiger partial charge in [0.05, 0.1) is 6.10 Å². The molecule has 12 heavy (non-hydrogen) atoms. The van der Waals surface area contributed by atoms with Crippen molar-refractivity contribution < 1.29 is 4.74 Å². The lowest BCUT2D eigenvalue weighted by atomic mass is 10.1. The zero-order valence-electron chi connectivity index (χ0n) is 7.16. The van der Waals surface area contributed by atoms with E-state index < -0.39 is 0 Å². The predicted molar refractivity (Wildman–Crippen MR) is 49.6 cm³/mol. The van der Waals surface area contributed by atoms with Gasteiger partial charge >= 0.3 is 0 Å². The quantitative estimate of drug-likeness (QED) is 0.617. The molecule has 0 spiro atoms. The molecule has 1 unspecified atom stereocenters. The van der Waals surface area contributed by atoms with Crippen LogP contribution in [0, 0.1) is 12.3 Å². The summed E-state index contributed by atoms with van der Waals surface area (Å²) in [4.78, 5) is 0. The first-order chi connectivity index (χ1) is 5.88. The normalized spacial score (nSPS) is 12.0. The number of hydrogen-bond acceptors (Lipinski definition) is 1. The Kier molecular flexibility index (Phi) is 3.37. The van der Waals surface area contributed by atoms with Crippen molar-refractivity contribution >= 4 is 0 Å². The van der Waals surface area contributed by atoms with Crippen LogP contribution in [-0.4, -0.2) is 7.11 Å². The monoisotopic (exact) mass is 160 g/mol. The number of hydrogen-bond donors (Lipinski definition) is 0. The molecule has 0 heterocycles. The Morgan fingerprint density at radius 2 is 2.08 bits per heavy atom. The van der Waals surface area contributed by atoms with E-state index in [-0.39, 0.29) is 6.10 Å². The molecule has 1 aromatic rings. The Morgan fingerprint density at radius 1 is 1.42 bits per heavy atom. The van der Waals surface area contributed by atoms with Gasteiger partial charge in [-0.05, 0) is 5.56 Å². The number of benzene rings is 1. The standard InChI is InChI=1S/C11H12O/c1-3-7-11(12-2)10-8-5-4-6-9-10/h1,4-6,8-9,11H,7H2,2H3. The summed E-state index contributed by atoms with van der Waals surface area (Å²) in [5.41, 5.74) is 1.14. The number of ether oxygens (including phenoxy) is 1. The first kappa shape index (κ1) is 8.83. The van der Waals surface area contributed by atoms with Crippen LogP contribution in [0.3, 0.4) is 0 Å². The van der Waals surface area contributed by atoms with Crippen molar-refractivity contribution in [3.63, 3.8) is 0 Å². The van der Waals surface area contributed by atoms with E-state index >= 15 is 0 Å². The zero-order valence-corrected chi connectivity index (χ0v) is 7.16. The maximum Gasteiger partial charge on any atom is 0.0930 e. The van der Waals surface area contributed by atoms with Crippen molar-refractivity contribution in [1.29, 1.82) is 0 Å². The molecule has 1 rings (SSSR count). The fourth-order valence-corrected chi connectivity index (χ4v) is 1.11. The van der Waals surface area contributed by atoms with Gasteiger partial charge < -0.3 is 4.74 Å². The van der Waals surface area contributed by atoms with Crippen LogP contribution in [0.15, 0.2) is 30.3 Å². The summed E-state index contributed by atoms with van der Waals surface area (Å²) in [5, 5.41) is 0. The molecule has 0 fully saturated rings. The van der Waals surface area contributed by atoms with E-state index in [1.54, 1.807) is 7.11 Å². The van der Waals surface area contributed by atoms with E-state index in [1.165, 1.54) is 0 Å². The minimum absolute atomic E-state index is 0.0381. The van der Waals surface area contributed by atoms with Crippen molar-refractivity contribution in [1.82, 2.24) is 0 Å². The molecule has 0 bridgehead atoms. The van der Waals surface area contributed by atoms with E-state index in [4.69, 9.17) is 11.2 Å². The van der Waals surface area contributed by atoms with Crippen molar-refractivity contribution in [3.05, 3.63) is 35.9 Å². The summed E-state index contributed by atoms with van der Waals surface area (Å²) in [6, 6.07) is 9.98. The van der Waals surface area contributed by atoms with Gasteiger partial charge in [-0.15, -0.1) is 12.3 Å². The lowest BCUT2D eigenvalue weighted by Gasteiger charge is -2.11. The third-order valence-corrected chi connectivity index (χ3v) is 1.76. The van der Waals surface area contributed by atoms with Gasteiger partial charge in [0, 0.05) is 13.5 Å². The Labute approximate surface area is 73.4 Å². The Bertz CT molecular complexity index is 258. The van der Waals surface area contributed by atoms with Gasteiger partial charge in [0.2, 0.25) is 0 Å². The van der Waals surface area contributed by atoms with Gasteiger partial charge in [-0.3, -0.25) is 0 Å². The maximum atomic E-state index is 5.23. The van der Waals surface area contributed by atoms with E-state index in [2.05, 4.69) is 5.92 Å². The molecular weight excluding hydrogens is 148 g/mol. The van der Waals surface area contributed by atoms with E-state index in [0.717, 1.165) is 5.56 Å². The first-order valence-corrected chi connectivity index (χ1v) is 3.89. The third kappa shape index (κ3) is 2.11. The fraction of sp³-hybridized carbons (Fsp3) is 0.273. The summed E-state index contributed by atoms with van der Waals surface area (Å²) >= 11 is 0. The average Bonchev–Trinajstić information content (AvgIpc) is 2.15. The van der Waals surface area contributed by atoms with Gasteiger partial charge in [0.1, 0.15) is 0 Å². The molecule has 62 valence electrons. The summed E-state index contributed by atoms with van der Waals surface area (Å²) in [5.74, 6) is 2.59. The highest BCUT2D eigenvalue weighted by molar-refractivity contribution is 5.18. The van der Waals surface area contributed by atoms with Crippen molar-refractivity contribution in [2.75, 3.05) is 7.11 Å². The molecule has 0 amide bonds. The maximum absolute atomic E-state index is 5.23. The smallest absolute Gasteiger partial charge is 0.0930 e. The lowest BCUT2D eigenvalue weighted by molar-refractivity contribution is 0.108. The molecule has 1 nitrogen and oxygen atoms in total. The molecule has 0 saturated heterocycles. The summed E-state index contributed by atoms with van der Waals surface area (Å²) in [7, 11) is 1.68. The molecule has 0 radical (unpaired) electrons. The van der Waals surface area contributed by atoms with Gasteiger partial charge in [0.25, 0.3) is 0 Å². The minimum atomic E-state index is 0.0381. The molecule has 1 atom stereocenters. The molecule has 0 aliphatic rings. The van der Waals surface area contributed by atoms with Crippen molar-refractivity contribution in [2.24, 2.45) is 0 Å². The summed E-state index contributed by atoms with van der Waals surface area (Å²) in [6.45, 7) is 0. The SMILES string of the molecule is C#CCC(OC)c1ccccc1. The highest BCUT2D eigenvalue weighted by Crippen LogP contribution is 2.18. The van der Waals surface area contributed by atoms with Crippen LogP contribution in [0.5, 0.6) is 0 Å². The number of terminal acetylenes is 1. The molecule has 1 aromatic carbocycles. The van der Waals surface area contributed by atoms with Gasteiger partial charge in [-0.2, -0.15) is 0 Å². The van der Waals surface area contributed by atoms with Crippen LogP contribution in [0.4, 0.5) is 0 Å². The molecule has 0 N–H and O–H groups in total. The second-order valence-electron chi connectivity index (χ2n) is 2.54. The van der Waals surface area contributed by atoms with Crippen LogP contribution in [0.25, 0.3) is 0 Å². The van der Waals surface area contributed by atoms with Crippen molar-refractivity contribution in [3.8, 4) is 12.3 Å². The van der Waals surface area contributed by atoms with Crippen LogP contribution >= 0.6 is 0 Å². The van der Waals surface area contributed by atoms with Crippen LogP contribution in [-0.2, 0) is 4.74 Å². The minimum Gasteiger partial charge on any atom is -0.376 e. The van der Waals surface area contributed by atoms with Crippen molar-refractivity contribution in [2.45, 2.75) is 12.5 Å². The van der Waals surface area contributed by atoms with Gasteiger partial charge in [-0.1, -0.05) is 30.3 Å². The molecular formula is C11H12O. The molecule has 0 saturated carbocycles. The molecule has 0 aromatic heterocycles. The van der Waals surface area contributed by atoms with Crippen LogP contribution in [0.1, 0.15) is 18.1 Å². The van der Waals surface area contributed by atoms with Crippen LogP contribution in [0.2, 0.25) is 0 Å². The number of methoxy groups -OCH3 is 1. The lowest BCUT2D eigenvalue weighted by Crippen LogP contribution is -1.99. The number of rotatable bonds is 3. The average molecular weight is 160 g/mol. The Hall–Kier alpha value is -1.26.